The Morgan fingerprint density at radius 3 is 2.59 bits per heavy atom. The Morgan fingerprint density at radius 1 is 1.17 bits per heavy atom. The van der Waals surface area contributed by atoms with Crippen LogP contribution in [0.5, 0.6) is 5.75 Å². The molecule has 0 spiro atoms. The lowest BCUT2D eigenvalue weighted by Gasteiger charge is -2.14. The van der Waals surface area contributed by atoms with Gasteiger partial charge in [0.1, 0.15) is 5.75 Å². The highest BCUT2D eigenvalue weighted by Gasteiger charge is 2.18. The number of benzene rings is 1. The van der Waals surface area contributed by atoms with Gasteiger partial charge in [-0.2, -0.15) is 13.8 Å². The zero-order valence-corrected chi connectivity index (χ0v) is 16.0. The lowest BCUT2D eigenvalue weighted by atomic mass is 10.2. The van der Waals surface area contributed by atoms with E-state index in [9.17, 15) is 18.4 Å². The van der Waals surface area contributed by atoms with Gasteiger partial charge in [-0.25, -0.2) is 14.3 Å². The third kappa shape index (κ3) is 3.89. The van der Waals surface area contributed by atoms with E-state index in [0.29, 0.717) is 11.0 Å². The molecule has 0 unspecified atom stereocenters. The van der Waals surface area contributed by atoms with Crippen molar-refractivity contribution in [1.82, 2.24) is 19.1 Å². The number of hydrogen-bond acceptors (Lipinski definition) is 6. The molecule has 0 fully saturated rings. The number of fused-ring (bicyclic) bond motifs is 1. The van der Waals surface area contributed by atoms with Crippen molar-refractivity contribution < 1.29 is 13.5 Å². The maximum absolute atomic E-state index is 12.9. The van der Waals surface area contributed by atoms with Crippen molar-refractivity contribution in [2.45, 2.75) is 13.2 Å². The Labute approximate surface area is 170 Å². The van der Waals surface area contributed by atoms with E-state index < -0.39 is 17.9 Å². The molecule has 2 aliphatic heterocycles. The van der Waals surface area contributed by atoms with Gasteiger partial charge >= 0.3 is 12.3 Å². The zero-order chi connectivity index (χ0) is 20.5. The Kier molecular flexibility index (Phi) is 5.12. The first kappa shape index (κ1) is 19.2. The summed E-state index contributed by atoms with van der Waals surface area (Å²) in [5, 5.41) is 0. The topological polar surface area (TPSA) is 79.0 Å². The van der Waals surface area contributed by atoms with Crippen molar-refractivity contribution in [3.05, 3.63) is 79.0 Å². The van der Waals surface area contributed by atoms with E-state index in [-0.39, 0.29) is 22.8 Å². The number of pyridine rings is 1. The second-order valence-electron chi connectivity index (χ2n) is 5.86. The van der Waals surface area contributed by atoms with Crippen molar-refractivity contribution in [1.29, 1.82) is 0 Å². The van der Waals surface area contributed by atoms with Crippen LogP contribution in [0.1, 0.15) is 4.88 Å². The van der Waals surface area contributed by atoms with Gasteiger partial charge in [0, 0.05) is 17.3 Å². The van der Waals surface area contributed by atoms with Crippen LogP contribution in [0.25, 0.3) is 17.1 Å². The van der Waals surface area contributed by atoms with Crippen molar-refractivity contribution in [2.24, 2.45) is 0 Å². The van der Waals surface area contributed by atoms with Crippen LogP contribution in [0.2, 0.25) is 4.47 Å². The number of thiazole rings is 1. The molecule has 1 aromatic heterocycles. The van der Waals surface area contributed by atoms with E-state index in [0.717, 1.165) is 9.44 Å². The van der Waals surface area contributed by atoms with Crippen LogP contribution >= 0.6 is 22.9 Å². The fourth-order valence-electron chi connectivity index (χ4n) is 2.84. The van der Waals surface area contributed by atoms with E-state index in [1.165, 1.54) is 35.6 Å². The van der Waals surface area contributed by atoms with E-state index in [2.05, 4.69) is 14.7 Å². The van der Waals surface area contributed by atoms with Gasteiger partial charge in [0.05, 0.1) is 17.8 Å². The molecule has 1 aromatic carbocycles. The molecule has 0 aliphatic carbocycles. The molecule has 148 valence electrons. The zero-order valence-electron chi connectivity index (χ0n) is 14.5. The Hall–Kier alpha value is -3.11. The van der Waals surface area contributed by atoms with Gasteiger partial charge in [0.25, 0.3) is 5.56 Å². The third-order valence-electron chi connectivity index (χ3n) is 4.04. The molecule has 3 heterocycles. The second kappa shape index (κ2) is 7.72. The molecule has 7 nitrogen and oxygen atoms in total. The van der Waals surface area contributed by atoms with E-state index in [4.69, 9.17) is 11.6 Å². The van der Waals surface area contributed by atoms with Gasteiger partial charge in [-0.1, -0.05) is 11.6 Å². The first-order valence-electron chi connectivity index (χ1n) is 8.20. The Balaban J connectivity index is 1.78. The minimum atomic E-state index is -2.97. The summed E-state index contributed by atoms with van der Waals surface area (Å²) in [6, 6.07) is 8.40. The summed E-state index contributed by atoms with van der Waals surface area (Å²) in [5.74, 6) is 0.139. The molecule has 11 heteroatoms. The molecule has 4 rings (SSSR count). The molecular formula is C18H11ClF2N4O3S. The summed E-state index contributed by atoms with van der Waals surface area (Å²) >= 11 is 7.14. The van der Waals surface area contributed by atoms with Gasteiger partial charge < -0.3 is 9.30 Å². The summed E-state index contributed by atoms with van der Waals surface area (Å²) < 4.78 is 31.8. The fraction of sp³-hybridized carbons (Fsp3) is 0.111. The third-order valence-corrected chi connectivity index (χ3v) is 5.14. The largest absolute Gasteiger partial charge is 0.435 e. The number of nitrogens with zero attached hydrogens (tertiary/aromatic N) is 4. The van der Waals surface area contributed by atoms with Crippen LogP contribution in [-0.2, 0) is 6.54 Å². The molecule has 0 atom stereocenters. The van der Waals surface area contributed by atoms with Crippen molar-refractivity contribution in [2.75, 3.05) is 0 Å². The standard InChI is InChI=1S/C18H11ClF2N4O3S/c19-16-22-8-12(29-16)9-24-7-1-2-13-14(24)23-18(27)25(15(13)26)10-3-5-11(6-4-10)28-17(20)21/h1-8,17H,9H2. The molecular weight excluding hydrogens is 426 g/mol. The van der Waals surface area contributed by atoms with E-state index in [1.54, 1.807) is 29.1 Å². The molecule has 0 saturated heterocycles. The molecule has 0 radical (unpaired) electrons. The predicted molar refractivity (Wildman–Crippen MR) is 104 cm³/mol. The van der Waals surface area contributed by atoms with Gasteiger partial charge in [-0.3, -0.25) is 4.79 Å². The molecule has 0 saturated carbocycles. The molecule has 29 heavy (non-hydrogen) atoms. The number of hydrogen-bond donors (Lipinski definition) is 0. The number of rotatable bonds is 5. The van der Waals surface area contributed by atoms with Crippen LogP contribution in [0.3, 0.4) is 0 Å². The second-order valence-corrected chi connectivity index (χ2v) is 7.56. The van der Waals surface area contributed by atoms with Gasteiger partial charge in [-0.15, -0.1) is 11.3 Å². The van der Waals surface area contributed by atoms with Gasteiger partial charge in [-0.05, 0) is 36.4 Å². The maximum atomic E-state index is 12.9. The number of halogens is 3. The van der Waals surface area contributed by atoms with Crippen LogP contribution in [0, 0.1) is 0 Å². The van der Waals surface area contributed by atoms with E-state index in [1.807, 2.05) is 0 Å². The summed E-state index contributed by atoms with van der Waals surface area (Å²) in [5.41, 5.74) is -0.928. The van der Waals surface area contributed by atoms with Gasteiger partial charge in [0.2, 0.25) is 0 Å². The summed E-state index contributed by atoms with van der Waals surface area (Å²) in [6.45, 7) is -2.62. The molecule has 2 aliphatic rings. The number of alkyl halides is 2. The highest BCUT2D eigenvalue weighted by molar-refractivity contribution is 7.15. The van der Waals surface area contributed by atoms with Crippen molar-refractivity contribution >= 4 is 22.9 Å². The number of aromatic nitrogens is 4. The Bertz CT molecular complexity index is 1250. The smallest absolute Gasteiger partial charge is 0.387 e. The summed E-state index contributed by atoms with van der Waals surface area (Å²) in [4.78, 5) is 34.4. The molecule has 2 aromatic rings. The molecule has 0 N–H and O–H groups in total. The molecule has 0 bridgehead atoms. The monoisotopic (exact) mass is 436 g/mol. The SMILES string of the molecule is O=c1nc2n(Cc3cnc(Cl)s3)cccc-2c(=O)n1-c1ccc(OC(F)F)cc1. The van der Waals surface area contributed by atoms with Crippen LogP contribution < -0.4 is 16.0 Å². The quantitative estimate of drug-likeness (QED) is 0.480. The van der Waals surface area contributed by atoms with Crippen molar-refractivity contribution in [3.63, 3.8) is 0 Å². The lowest BCUT2D eigenvalue weighted by Crippen LogP contribution is -2.36. The first-order chi connectivity index (χ1) is 13.9. The van der Waals surface area contributed by atoms with E-state index >= 15 is 0 Å². The minimum absolute atomic E-state index is 0.0842. The predicted octanol–water partition coefficient (Wildman–Crippen LogP) is 3.26. The van der Waals surface area contributed by atoms with Crippen LogP contribution in [-0.4, -0.2) is 25.7 Å². The number of ether oxygens (including phenoxy) is 1. The minimum Gasteiger partial charge on any atom is -0.435 e. The average molecular weight is 437 g/mol. The normalized spacial score (nSPS) is 11.3. The van der Waals surface area contributed by atoms with Crippen molar-refractivity contribution in [3.8, 4) is 22.8 Å². The fourth-order valence-corrected chi connectivity index (χ4v) is 3.82. The Morgan fingerprint density at radius 2 is 1.93 bits per heavy atom. The van der Waals surface area contributed by atoms with Crippen LogP contribution in [0.15, 0.2) is 58.4 Å². The summed E-state index contributed by atoms with van der Waals surface area (Å²) in [7, 11) is 0. The first-order valence-corrected chi connectivity index (χ1v) is 9.39. The maximum Gasteiger partial charge on any atom is 0.387 e. The highest BCUT2D eigenvalue weighted by atomic mass is 35.5. The lowest BCUT2D eigenvalue weighted by molar-refractivity contribution is -0.0498. The summed E-state index contributed by atoms with van der Waals surface area (Å²) in [6.07, 6.45) is 3.31. The van der Waals surface area contributed by atoms with Crippen LogP contribution in [0.4, 0.5) is 8.78 Å². The van der Waals surface area contributed by atoms with Gasteiger partial charge in [0.15, 0.2) is 10.3 Å². The highest BCUT2D eigenvalue weighted by Crippen LogP contribution is 2.22. The average Bonchev–Trinajstić information content (AvgIpc) is 3.08. The molecule has 0 amide bonds.